The minimum absolute atomic E-state index is 0.291. The second-order valence-electron chi connectivity index (χ2n) is 4.38. The molecule has 2 rings (SSSR count). The van der Waals surface area contributed by atoms with Crippen LogP contribution in [0.25, 0.3) is 0 Å². The van der Waals surface area contributed by atoms with Gasteiger partial charge in [-0.3, -0.25) is 0 Å². The Kier molecular flexibility index (Phi) is 4.98. The zero-order valence-corrected chi connectivity index (χ0v) is 13.1. The third-order valence-corrected chi connectivity index (χ3v) is 4.98. The second-order valence-corrected chi connectivity index (χ2v) is 6.15. The Bertz CT molecular complexity index is 493. The molecule has 0 saturated carbocycles. The van der Waals surface area contributed by atoms with Crippen LogP contribution in [0.5, 0.6) is 0 Å². The maximum Gasteiger partial charge on any atom is 0.0682 e. The summed E-state index contributed by atoms with van der Waals surface area (Å²) in [5, 5.41) is 5.78. The summed E-state index contributed by atoms with van der Waals surface area (Å²) in [6, 6.07) is 11.1. The van der Waals surface area contributed by atoms with Crippen molar-refractivity contribution in [2.45, 2.75) is 26.3 Å². The molecule has 0 fully saturated rings. The molecule has 96 valence electrons. The number of nitrogens with one attached hydrogen (secondary N) is 1. The van der Waals surface area contributed by atoms with Gasteiger partial charge in [-0.1, -0.05) is 47.1 Å². The topological polar surface area (TPSA) is 12.0 Å². The molecule has 1 aromatic carbocycles. The molecule has 0 radical (unpaired) electrons. The van der Waals surface area contributed by atoms with Gasteiger partial charge in [0.25, 0.3) is 0 Å². The van der Waals surface area contributed by atoms with E-state index in [1.54, 1.807) is 0 Å². The van der Waals surface area contributed by atoms with Crippen molar-refractivity contribution < 1.29 is 0 Å². The average Bonchev–Trinajstić information content (AvgIpc) is 2.88. The van der Waals surface area contributed by atoms with E-state index in [0.29, 0.717) is 6.04 Å². The maximum atomic E-state index is 3.72. The minimum atomic E-state index is 0.291. The van der Waals surface area contributed by atoms with Crippen molar-refractivity contribution in [2.24, 2.45) is 0 Å². The number of thiophene rings is 1. The average molecular weight is 324 g/mol. The monoisotopic (exact) mass is 323 g/mol. The van der Waals surface area contributed by atoms with Crippen molar-refractivity contribution in [3.05, 3.63) is 56.2 Å². The van der Waals surface area contributed by atoms with Gasteiger partial charge >= 0.3 is 0 Å². The molecule has 0 amide bonds. The highest BCUT2D eigenvalue weighted by Crippen LogP contribution is 2.32. The standard InChI is InChI=1S/C15H18BrNS/c1-3-9-17-15(13-8-5-10-18-13)12-7-4-6-11(2)14(12)16/h4-8,10,15,17H,3,9H2,1-2H3. The third-order valence-electron chi connectivity index (χ3n) is 2.96. The van der Waals surface area contributed by atoms with Crippen molar-refractivity contribution in [1.82, 2.24) is 5.32 Å². The molecule has 0 spiro atoms. The van der Waals surface area contributed by atoms with Gasteiger partial charge in [0.15, 0.2) is 0 Å². The van der Waals surface area contributed by atoms with E-state index in [1.807, 2.05) is 11.3 Å². The van der Waals surface area contributed by atoms with Gasteiger partial charge in [-0.15, -0.1) is 11.3 Å². The van der Waals surface area contributed by atoms with E-state index in [0.717, 1.165) is 13.0 Å². The molecule has 1 nitrogen and oxygen atoms in total. The summed E-state index contributed by atoms with van der Waals surface area (Å²) >= 11 is 5.53. The largest absolute Gasteiger partial charge is 0.306 e. The van der Waals surface area contributed by atoms with E-state index in [-0.39, 0.29) is 0 Å². The summed E-state index contributed by atoms with van der Waals surface area (Å²) in [5.74, 6) is 0. The van der Waals surface area contributed by atoms with Crippen molar-refractivity contribution in [3.8, 4) is 0 Å². The Hall–Kier alpha value is -0.640. The van der Waals surface area contributed by atoms with E-state index in [9.17, 15) is 0 Å². The highest BCUT2D eigenvalue weighted by molar-refractivity contribution is 9.10. The number of hydrogen-bond acceptors (Lipinski definition) is 2. The van der Waals surface area contributed by atoms with Gasteiger partial charge in [0.05, 0.1) is 6.04 Å². The van der Waals surface area contributed by atoms with E-state index < -0.39 is 0 Å². The molecule has 18 heavy (non-hydrogen) atoms. The third kappa shape index (κ3) is 3.02. The number of aryl methyl sites for hydroxylation is 1. The maximum absolute atomic E-state index is 3.72. The van der Waals surface area contributed by atoms with Gasteiger partial charge in [-0.05, 0) is 42.5 Å². The molecule has 0 aliphatic carbocycles. The molecule has 0 bridgehead atoms. The Morgan fingerprint density at radius 3 is 2.78 bits per heavy atom. The van der Waals surface area contributed by atoms with Crippen molar-refractivity contribution in [3.63, 3.8) is 0 Å². The predicted octanol–water partition coefficient (Wildman–Crippen LogP) is 4.91. The molecule has 0 aliphatic heterocycles. The lowest BCUT2D eigenvalue weighted by atomic mass is 10.0. The zero-order chi connectivity index (χ0) is 13.0. The number of halogens is 1. The molecule has 2 aromatic rings. The van der Waals surface area contributed by atoms with Crippen LogP contribution in [0.3, 0.4) is 0 Å². The Labute approximate surface area is 121 Å². The number of hydrogen-bond donors (Lipinski definition) is 1. The van der Waals surface area contributed by atoms with Crippen LogP contribution in [0.2, 0.25) is 0 Å². The number of rotatable bonds is 5. The molecular formula is C15H18BrNS. The Balaban J connectivity index is 2.37. The van der Waals surface area contributed by atoms with Crippen LogP contribution >= 0.6 is 27.3 Å². The first-order valence-corrected chi connectivity index (χ1v) is 7.93. The lowest BCUT2D eigenvalue weighted by molar-refractivity contribution is 0.604. The van der Waals surface area contributed by atoms with Crippen LogP contribution in [-0.4, -0.2) is 6.54 Å². The first-order valence-electron chi connectivity index (χ1n) is 6.25. The Morgan fingerprint density at radius 1 is 1.28 bits per heavy atom. The molecule has 1 unspecified atom stereocenters. The fourth-order valence-corrected chi connectivity index (χ4v) is 3.31. The minimum Gasteiger partial charge on any atom is -0.306 e. The molecular weight excluding hydrogens is 306 g/mol. The summed E-state index contributed by atoms with van der Waals surface area (Å²) < 4.78 is 1.21. The quantitative estimate of drug-likeness (QED) is 0.824. The molecule has 1 atom stereocenters. The highest BCUT2D eigenvalue weighted by atomic mass is 79.9. The van der Waals surface area contributed by atoms with Crippen LogP contribution in [0.4, 0.5) is 0 Å². The van der Waals surface area contributed by atoms with Gasteiger partial charge in [-0.2, -0.15) is 0 Å². The smallest absolute Gasteiger partial charge is 0.0682 e. The zero-order valence-electron chi connectivity index (χ0n) is 10.7. The molecule has 3 heteroatoms. The van der Waals surface area contributed by atoms with Crippen molar-refractivity contribution in [1.29, 1.82) is 0 Å². The fraction of sp³-hybridized carbons (Fsp3) is 0.333. The molecule has 1 N–H and O–H groups in total. The first-order chi connectivity index (χ1) is 8.74. The van der Waals surface area contributed by atoms with Crippen LogP contribution in [0.1, 0.15) is 35.4 Å². The predicted molar refractivity (Wildman–Crippen MR) is 83.3 cm³/mol. The van der Waals surface area contributed by atoms with E-state index >= 15 is 0 Å². The Morgan fingerprint density at radius 2 is 2.11 bits per heavy atom. The van der Waals surface area contributed by atoms with Crippen LogP contribution < -0.4 is 5.32 Å². The van der Waals surface area contributed by atoms with Gasteiger partial charge in [0.2, 0.25) is 0 Å². The molecule has 0 saturated heterocycles. The van der Waals surface area contributed by atoms with E-state index in [4.69, 9.17) is 0 Å². The van der Waals surface area contributed by atoms with Crippen molar-refractivity contribution in [2.75, 3.05) is 6.54 Å². The summed E-state index contributed by atoms with van der Waals surface area (Å²) in [7, 11) is 0. The van der Waals surface area contributed by atoms with Crippen LogP contribution in [0, 0.1) is 6.92 Å². The number of benzene rings is 1. The summed E-state index contributed by atoms with van der Waals surface area (Å²) in [6.45, 7) is 5.37. The van der Waals surface area contributed by atoms with Gasteiger partial charge in [-0.25, -0.2) is 0 Å². The lowest BCUT2D eigenvalue weighted by Gasteiger charge is -2.20. The second kappa shape index (κ2) is 6.50. The van der Waals surface area contributed by atoms with E-state index in [1.165, 1.54) is 20.5 Å². The fourth-order valence-electron chi connectivity index (χ4n) is 2.00. The summed E-state index contributed by atoms with van der Waals surface area (Å²) in [4.78, 5) is 1.37. The summed E-state index contributed by atoms with van der Waals surface area (Å²) in [6.07, 6.45) is 1.14. The van der Waals surface area contributed by atoms with E-state index in [2.05, 4.69) is 70.8 Å². The van der Waals surface area contributed by atoms with Gasteiger partial charge in [0, 0.05) is 9.35 Å². The summed E-state index contributed by atoms with van der Waals surface area (Å²) in [5.41, 5.74) is 2.61. The molecule has 0 aliphatic rings. The highest BCUT2D eigenvalue weighted by Gasteiger charge is 2.17. The molecule has 1 heterocycles. The lowest BCUT2D eigenvalue weighted by Crippen LogP contribution is -2.22. The van der Waals surface area contributed by atoms with Crippen LogP contribution in [0.15, 0.2) is 40.2 Å². The first kappa shape index (κ1) is 13.8. The van der Waals surface area contributed by atoms with Crippen molar-refractivity contribution >= 4 is 27.3 Å². The van der Waals surface area contributed by atoms with Gasteiger partial charge < -0.3 is 5.32 Å². The SMILES string of the molecule is CCCNC(c1cccs1)c1cccc(C)c1Br. The van der Waals surface area contributed by atoms with Crippen LogP contribution in [-0.2, 0) is 0 Å². The normalized spacial score (nSPS) is 12.6. The van der Waals surface area contributed by atoms with Gasteiger partial charge in [0.1, 0.15) is 0 Å². The molecule has 1 aromatic heterocycles.